The number of hydrogen-bond donors (Lipinski definition) is 2. The number of carbonyl (C=O) groups excluding carboxylic acids is 3. The summed E-state index contributed by atoms with van der Waals surface area (Å²) in [4.78, 5) is 38.0. The average molecular weight is 400 g/mol. The van der Waals surface area contributed by atoms with E-state index in [1.807, 2.05) is 24.3 Å². The van der Waals surface area contributed by atoms with Crippen LogP contribution < -0.4 is 15.5 Å². The van der Waals surface area contributed by atoms with Crippen LogP contribution in [0.15, 0.2) is 48.5 Å². The van der Waals surface area contributed by atoms with Crippen LogP contribution in [0.5, 0.6) is 0 Å². The molecule has 2 aromatic rings. The lowest BCUT2D eigenvalue weighted by atomic mass is 10.1. The van der Waals surface area contributed by atoms with Gasteiger partial charge in [0.1, 0.15) is 6.04 Å². The maximum Gasteiger partial charge on any atom is 0.251 e. The third-order valence-corrected chi connectivity index (χ3v) is 4.89. The van der Waals surface area contributed by atoms with Gasteiger partial charge in [-0.25, -0.2) is 0 Å². The van der Waals surface area contributed by atoms with Gasteiger partial charge < -0.3 is 15.5 Å². The van der Waals surface area contributed by atoms with Crippen LogP contribution in [-0.2, 0) is 16.1 Å². The lowest BCUT2D eigenvalue weighted by molar-refractivity contribution is -0.122. The van der Waals surface area contributed by atoms with E-state index in [-0.39, 0.29) is 17.7 Å². The van der Waals surface area contributed by atoms with Crippen LogP contribution in [0.2, 0.25) is 5.02 Å². The van der Waals surface area contributed by atoms with Crippen LogP contribution in [-0.4, -0.2) is 30.3 Å². The first-order chi connectivity index (χ1) is 13.4. The highest BCUT2D eigenvalue weighted by Gasteiger charge is 2.21. The van der Waals surface area contributed by atoms with Crippen molar-refractivity contribution in [3.8, 4) is 0 Å². The van der Waals surface area contributed by atoms with E-state index in [2.05, 4.69) is 10.6 Å². The summed E-state index contributed by atoms with van der Waals surface area (Å²) in [5.41, 5.74) is 2.23. The van der Waals surface area contributed by atoms with Crippen LogP contribution in [0.1, 0.15) is 35.7 Å². The van der Waals surface area contributed by atoms with E-state index in [0.717, 1.165) is 24.2 Å². The molecule has 1 atom stereocenters. The van der Waals surface area contributed by atoms with Crippen molar-refractivity contribution < 1.29 is 14.4 Å². The predicted octanol–water partition coefficient (Wildman–Crippen LogP) is 2.90. The van der Waals surface area contributed by atoms with Crippen molar-refractivity contribution in [1.29, 1.82) is 0 Å². The summed E-state index contributed by atoms with van der Waals surface area (Å²) in [7, 11) is 0. The lowest BCUT2D eigenvalue weighted by Gasteiger charge is -2.17. The molecule has 1 aliphatic heterocycles. The van der Waals surface area contributed by atoms with Crippen molar-refractivity contribution in [2.45, 2.75) is 32.4 Å². The summed E-state index contributed by atoms with van der Waals surface area (Å²) in [5, 5.41) is 6.02. The van der Waals surface area contributed by atoms with Crippen molar-refractivity contribution in [2.24, 2.45) is 0 Å². The quantitative estimate of drug-likeness (QED) is 0.783. The highest BCUT2D eigenvalue weighted by molar-refractivity contribution is 6.30. The average Bonchev–Trinajstić information content (AvgIpc) is 3.12. The molecule has 0 spiro atoms. The van der Waals surface area contributed by atoms with E-state index in [4.69, 9.17) is 11.6 Å². The third-order valence-electron chi connectivity index (χ3n) is 4.64. The summed E-state index contributed by atoms with van der Waals surface area (Å²) in [5.74, 6) is -0.466. The normalized spacial score (nSPS) is 14.6. The molecule has 0 aromatic heterocycles. The van der Waals surface area contributed by atoms with Gasteiger partial charge >= 0.3 is 0 Å². The minimum Gasteiger partial charge on any atom is -0.350 e. The molecular formula is C21H22ClN3O3. The van der Waals surface area contributed by atoms with E-state index in [1.54, 1.807) is 36.1 Å². The Kier molecular flexibility index (Phi) is 6.31. The molecule has 0 bridgehead atoms. The molecule has 3 amide bonds. The first-order valence-corrected chi connectivity index (χ1v) is 9.55. The van der Waals surface area contributed by atoms with Crippen molar-refractivity contribution in [1.82, 2.24) is 10.6 Å². The molecule has 0 aliphatic carbocycles. The molecule has 2 aromatic carbocycles. The monoisotopic (exact) mass is 399 g/mol. The molecular weight excluding hydrogens is 378 g/mol. The second-order valence-electron chi connectivity index (χ2n) is 6.74. The molecule has 1 aliphatic rings. The van der Waals surface area contributed by atoms with Gasteiger partial charge in [0.15, 0.2) is 0 Å². The Balaban J connectivity index is 1.49. The number of amides is 3. The Morgan fingerprint density at radius 2 is 1.79 bits per heavy atom. The van der Waals surface area contributed by atoms with Crippen LogP contribution >= 0.6 is 11.6 Å². The molecule has 0 radical (unpaired) electrons. The number of rotatable bonds is 6. The first kappa shape index (κ1) is 19.9. The van der Waals surface area contributed by atoms with Crippen LogP contribution in [0.4, 0.5) is 5.69 Å². The molecule has 6 nitrogen and oxygen atoms in total. The van der Waals surface area contributed by atoms with Crippen LogP contribution in [0, 0.1) is 0 Å². The highest BCUT2D eigenvalue weighted by atomic mass is 35.5. The number of carbonyl (C=O) groups is 3. The summed E-state index contributed by atoms with van der Waals surface area (Å²) >= 11 is 5.81. The molecule has 7 heteroatoms. The van der Waals surface area contributed by atoms with Crippen LogP contribution in [0.3, 0.4) is 0 Å². The number of anilines is 1. The molecule has 1 fully saturated rings. The van der Waals surface area contributed by atoms with Crippen molar-refractivity contribution >= 4 is 35.0 Å². The molecule has 146 valence electrons. The third kappa shape index (κ3) is 4.89. The van der Waals surface area contributed by atoms with Gasteiger partial charge in [-0.15, -0.1) is 0 Å². The first-order valence-electron chi connectivity index (χ1n) is 9.17. The summed E-state index contributed by atoms with van der Waals surface area (Å²) in [6, 6.07) is 13.3. The van der Waals surface area contributed by atoms with Gasteiger partial charge in [-0.1, -0.05) is 23.7 Å². The molecule has 0 saturated carbocycles. The molecule has 1 unspecified atom stereocenters. The van der Waals surface area contributed by atoms with Gasteiger partial charge in [-0.05, 0) is 55.3 Å². The number of nitrogens with zero attached hydrogens (tertiary/aromatic N) is 1. The Morgan fingerprint density at radius 1 is 1.11 bits per heavy atom. The summed E-state index contributed by atoms with van der Waals surface area (Å²) in [6.45, 7) is 2.72. The number of halogens is 1. The molecule has 3 rings (SSSR count). The minimum atomic E-state index is -0.676. The van der Waals surface area contributed by atoms with Gasteiger partial charge in [0, 0.05) is 35.8 Å². The molecule has 2 N–H and O–H groups in total. The van der Waals surface area contributed by atoms with E-state index in [1.165, 1.54) is 0 Å². The standard InChI is InChI=1S/C21H22ClN3O3/c1-14(24-21(28)16-6-8-17(22)9-7-16)20(27)23-13-15-4-10-18(11-5-15)25-12-2-3-19(25)26/h4-11,14H,2-3,12-13H2,1H3,(H,23,27)(H,24,28). The number of nitrogens with one attached hydrogen (secondary N) is 2. The van der Waals surface area contributed by atoms with Crippen molar-refractivity contribution in [3.63, 3.8) is 0 Å². The molecule has 28 heavy (non-hydrogen) atoms. The number of benzene rings is 2. The second-order valence-corrected chi connectivity index (χ2v) is 7.17. The Hall–Kier alpha value is -2.86. The van der Waals surface area contributed by atoms with Crippen molar-refractivity contribution in [3.05, 3.63) is 64.7 Å². The Labute approximate surface area is 168 Å². The zero-order valence-electron chi connectivity index (χ0n) is 15.6. The SMILES string of the molecule is CC(NC(=O)c1ccc(Cl)cc1)C(=O)NCc1ccc(N2CCCC2=O)cc1. The lowest BCUT2D eigenvalue weighted by Crippen LogP contribution is -2.44. The van der Waals surface area contributed by atoms with Gasteiger partial charge in [0.05, 0.1) is 0 Å². The van der Waals surface area contributed by atoms with Crippen LogP contribution in [0.25, 0.3) is 0 Å². The van der Waals surface area contributed by atoms with Gasteiger partial charge in [-0.3, -0.25) is 14.4 Å². The van der Waals surface area contributed by atoms with Gasteiger partial charge in [0.2, 0.25) is 11.8 Å². The smallest absolute Gasteiger partial charge is 0.251 e. The summed E-state index contributed by atoms with van der Waals surface area (Å²) < 4.78 is 0. The zero-order valence-corrected chi connectivity index (χ0v) is 16.3. The van der Waals surface area contributed by atoms with E-state index >= 15 is 0 Å². The largest absolute Gasteiger partial charge is 0.350 e. The van der Waals surface area contributed by atoms with E-state index in [0.29, 0.717) is 23.6 Å². The van der Waals surface area contributed by atoms with E-state index in [9.17, 15) is 14.4 Å². The fourth-order valence-electron chi connectivity index (χ4n) is 3.00. The Morgan fingerprint density at radius 3 is 2.39 bits per heavy atom. The maximum atomic E-state index is 12.3. The maximum absolute atomic E-state index is 12.3. The fraction of sp³-hybridized carbons (Fsp3) is 0.286. The minimum absolute atomic E-state index is 0.145. The topological polar surface area (TPSA) is 78.5 Å². The molecule has 1 heterocycles. The van der Waals surface area contributed by atoms with Crippen molar-refractivity contribution in [2.75, 3.05) is 11.4 Å². The Bertz CT molecular complexity index is 865. The highest BCUT2D eigenvalue weighted by Crippen LogP contribution is 2.21. The second kappa shape index (κ2) is 8.89. The van der Waals surface area contributed by atoms with Gasteiger partial charge in [0.25, 0.3) is 5.91 Å². The molecule has 1 saturated heterocycles. The fourth-order valence-corrected chi connectivity index (χ4v) is 3.13. The predicted molar refractivity (Wildman–Crippen MR) is 108 cm³/mol. The van der Waals surface area contributed by atoms with Gasteiger partial charge in [-0.2, -0.15) is 0 Å². The summed E-state index contributed by atoms with van der Waals surface area (Å²) in [6.07, 6.45) is 1.48. The number of hydrogen-bond acceptors (Lipinski definition) is 3. The van der Waals surface area contributed by atoms with E-state index < -0.39 is 6.04 Å². The zero-order chi connectivity index (χ0) is 20.1.